The molecule has 0 saturated heterocycles. The van der Waals surface area contributed by atoms with Gasteiger partial charge in [0, 0.05) is 5.56 Å². The highest BCUT2D eigenvalue weighted by Gasteiger charge is 2.13. The zero-order chi connectivity index (χ0) is 12.4. The second-order valence-electron chi connectivity index (χ2n) is 3.81. The Balaban J connectivity index is 2.66. The molecule has 0 spiro atoms. The molecule has 17 heavy (non-hydrogen) atoms. The van der Waals surface area contributed by atoms with E-state index in [0.29, 0.717) is 15.8 Å². The van der Waals surface area contributed by atoms with Gasteiger partial charge < -0.3 is 4.74 Å². The Kier molecular flexibility index (Phi) is 3.48. The Labute approximate surface area is 108 Å². The first-order chi connectivity index (χ1) is 8.13. The fourth-order valence-corrected chi connectivity index (χ4v) is 2.47. The molecule has 0 aliphatic rings. The molecular formula is C14H12BrFO. The number of hydrogen-bond acceptors (Lipinski definition) is 1. The molecular weight excluding hydrogens is 283 g/mol. The Morgan fingerprint density at radius 2 is 1.94 bits per heavy atom. The molecule has 0 aliphatic heterocycles. The van der Waals surface area contributed by atoms with Gasteiger partial charge >= 0.3 is 0 Å². The number of ether oxygens (including phenoxy) is 1. The minimum Gasteiger partial charge on any atom is -0.496 e. The number of rotatable bonds is 2. The molecule has 0 N–H and O–H groups in total. The molecule has 0 saturated carbocycles. The Morgan fingerprint density at radius 3 is 2.59 bits per heavy atom. The van der Waals surface area contributed by atoms with E-state index in [1.54, 1.807) is 13.2 Å². The van der Waals surface area contributed by atoms with E-state index in [1.807, 2.05) is 31.2 Å². The van der Waals surface area contributed by atoms with Gasteiger partial charge in [0.1, 0.15) is 11.6 Å². The molecule has 2 aromatic carbocycles. The van der Waals surface area contributed by atoms with Gasteiger partial charge in [-0.3, -0.25) is 0 Å². The normalized spacial score (nSPS) is 10.4. The first-order valence-corrected chi connectivity index (χ1v) is 6.02. The lowest BCUT2D eigenvalue weighted by atomic mass is 10.0. The van der Waals surface area contributed by atoms with Crippen LogP contribution in [0.3, 0.4) is 0 Å². The molecule has 0 atom stereocenters. The number of hydrogen-bond donors (Lipinski definition) is 0. The summed E-state index contributed by atoms with van der Waals surface area (Å²) in [6.45, 7) is 1.98. The smallest absolute Gasteiger partial charge is 0.133 e. The predicted octanol–water partition coefficient (Wildman–Crippen LogP) is 4.57. The van der Waals surface area contributed by atoms with E-state index in [4.69, 9.17) is 4.74 Å². The lowest BCUT2D eigenvalue weighted by molar-refractivity contribution is 0.411. The summed E-state index contributed by atoms with van der Waals surface area (Å²) in [5.41, 5.74) is 2.47. The van der Waals surface area contributed by atoms with Crippen molar-refractivity contribution in [3.63, 3.8) is 0 Å². The summed E-state index contributed by atoms with van der Waals surface area (Å²) in [6.07, 6.45) is 0. The van der Waals surface area contributed by atoms with Crippen LogP contribution in [0.4, 0.5) is 4.39 Å². The second kappa shape index (κ2) is 4.88. The molecule has 0 aliphatic carbocycles. The van der Waals surface area contributed by atoms with E-state index in [9.17, 15) is 4.39 Å². The molecule has 0 aromatic heterocycles. The van der Waals surface area contributed by atoms with Crippen molar-refractivity contribution in [2.45, 2.75) is 6.92 Å². The van der Waals surface area contributed by atoms with Gasteiger partial charge in [-0.15, -0.1) is 0 Å². The van der Waals surface area contributed by atoms with Crippen molar-refractivity contribution in [3.05, 3.63) is 52.3 Å². The lowest BCUT2D eigenvalue weighted by Crippen LogP contribution is -1.91. The van der Waals surface area contributed by atoms with Crippen LogP contribution in [-0.2, 0) is 0 Å². The van der Waals surface area contributed by atoms with Crippen LogP contribution in [0.1, 0.15) is 5.56 Å². The zero-order valence-electron chi connectivity index (χ0n) is 9.63. The molecule has 2 rings (SSSR count). The van der Waals surface area contributed by atoms with E-state index in [1.165, 1.54) is 6.07 Å². The standard InChI is InChI=1S/C14H12BrFO/c1-9-4-3-5-10(8-9)13-11(16)6-7-12(17-2)14(13)15/h3-8H,1-2H3. The Bertz CT molecular complexity index is 552. The number of methoxy groups -OCH3 is 1. The van der Waals surface area contributed by atoms with E-state index < -0.39 is 0 Å². The van der Waals surface area contributed by atoms with Crippen molar-refractivity contribution in [1.29, 1.82) is 0 Å². The second-order valence-corrected chi connectivity index (χ2v) is 4.60. The number of benzene rings is 2. The van der Waals surface area contributed by atoms with E-state index in [0.717, 1.165) is 11.1 Å². The summed E-state index contributed by atoms with van der Waals surface area (Å²) in [7, 11) is 1.57. The highest BCUT2D eigenvalue weighted by molar-refractivity contribution is 9.10. The van der Waals surface area contributed by atoms with E-state index in [-0.39, 0.29) is 5.82 Å². The predicted molar refractivity (Wildman–Crippen MR) is 70.8 cm³/mol. The zero-order valence-corrected chi connectivity index (χ0v) is 11.2. The molecule has 0 unspecified atom stereocenters. The van der Waals surface area contributed by atoms with Gasteiger partial charge in [0.2, 0.25) is 0 Å². The minimum atomic E-state index is -0.261. The van der Waals surface area contributed by atoms with Gasteiger partial charge in [-0.1, -0.05) is 29.8 Å². The van der Waals surface area contributed by atoms with Crippen LogP contribution >= 0.6 is 15.9 Å². The summed E-state index contributed by atoms with van der Waals surface area (Å²) >= 11 is 3.39. The molecule has 2 aromatic rings. The van der Waals surface area contributed by atoms with Crippen LogP contribution in [0.2, 0.25) is 0 Å². The molecule has 0 fully saturated rings. The van der Waals surface area contributed by atoms with Gasteiger partial charge in [0.05, 0.1) is 11.6 Å². The van der Waals surface area contributed by atoms with Gasteiger partial charge in [0.25, 0.3) is 0 Å². The highest BCUT2D eigenvalue weighted by atomic mass is 79.9. The van der Waals surface area contributed by atoms with Crippen molar-refractivity contribution in [2.75, 3.05) is 7.11 Å². The van der Waals surface area contributed by atoms with Crippen molar-refractivity contribution in [2.24, 2.45) is 0 Å². The Hall–Kier alpha value is -1.35. The van der Waals surface area contributed by atoms with Gasteiger partial charge in [-0.25, -0.2) is 4.39 Å². The maximum Gasteiger partial charge on any atom is 0.133 e. The summed E-state index contributed by atoms with van der Waals surface area (Å²) < 4.78 is 19.7. The third-order valence-electron chi connectivity index (χ3n) is 2.58. The monoisotopic (exact) mass is 294 g/mol. The third-order valence-corrected chi connectivity index (χ3v) is 3.37. The van der Waals surface area contributed by atoms with Crippen molar-refractivity contribution < 1.29 is 9.13 Å². The van der Waals surface area contributed by atoms with Crippen LogP contribution in [-0.4, -0.2) is 7.11 Å². The van der Waals surface area contributed by atoms with Gasteiger partial charge in [-0.2, -0.15) is 0 Å². The summed E-state index contributed by atoms with van der Waals surface area (Å²) in [4.78, 5) is 0. The quantitative estimate of drug-likeness (QED) is 0.788. The van der Waals surface area contributed by atoms with Crippen molar-refractivity contribution in [1.82, 2.24) is 0 Å². The first kappa shape index (κ1) is 12.1. The van der Waals surface area contributed by atoms with Crippen molar-refractivity contribution >= 4 is 15.9 Å². The first-order valence-electron chi connectivity index (χ1n) is 5.22. The lowest BCUT2D eigenvalue weighted by Gasteiger charge is -2.11. The maximum absolute atomic E-state index is 13.9. The topological polar surface area (TPSA) is 9.23 Å². The third kappa shape index (κ3) is 2.34. The summed E-state index contributed by atoms with van der Waals surface area (Å²) in [6, 6.07) is 10.8. The highest BCUT2D eigenvalue weighted by Crippen LogP contribution is 2.37. The van der Waals surface area contributed by atoms with Gasteiger partial charge in [-0.05, 0) is 40.5 Å². The Morgan fingerprint density at radius 1 is 1.18 bits per heavy atom. The number of aryl methyl sites for hydroxylation is 1. The largest absolute Gasteiger partial charge is 0.496 e. The fourth-order valence-electron chi connectivity index (χ4n) is 1.76. The molecule has 3 heteroatoms. The molecule has 0 bridgehead atoms. The SMILES string of the molecule is COc1ccc(F)c(-c2cccc(C)c2)c1Br. The maximum atomic E-state index is 13.9. The van der Waals surface area contributed by atoms with Crippen LogP contribution in [0.5, 0.6) is 5.75 Å². The van der Waals surface area contributed by atoms with Crippen LogP contribution in [0, 0.1) is 12.7 Å². The van der Waals surface area contributed by atoms with Crippen LogP contribution < -0.4 is 4.74 Å². The summed E-state index contributed by atoms with van der Waals surface area (Å²) in [5.74, 6) is 0.367. The molecule has 0 amide bonds. The number of halogens is 2. The average molecular weight is 295 g/mol. The molecule has 0 heterocycles. The van der Waals surface area contributed by atoms with Gasteiger partial charge in [0.15, 0.2) is 0 Å². The average Bonchev–Trinajstić information content (AvgIpc) is 2.29. The minimum absolute atomic E-state index is 0.261. The summed E-state index contributed by atoms with van der Waals surface area (Å²) in [5, 5.41) is 0. The molecule has 0 radical (unpaired) electrons. The fraction of sp³-hybridized carbons (Fsp3) is 0.143. The molecule has 1 nitrogen and oxygen atoms in total. The molecule has 88 valence electrons. The van der Waals surface area contributed by atoms with E-state index >= 15 is 0 Å². The van der Waals surface area contributed by atoms with Crippen molar-refractivity contribution in [3.8, 4) is 16.9 Å². The van der Waals surface area contributed by atoms with Crippen LogP contribution in [0.25, 0.3) is 11.1 Å². The van der Waals surface area contributed by atoms with Crippen LogP contribution in [0.15, 0.2) is 40.9 Å². The van der Waals surface area contributed by atoms with E-state index in [2.05, 4.69) is 15.9 Å².